The maximum Gasteiger partial charge on any atom is 0.250 e. The van der Waals surface area contributed by atoms with Crippen molar-refractivity contribution in [2.45, 2.75) is 0 Å². The summed E-state index contributed by atoms with van der Waals surface area (Å²) >= 11 is 0. The number of benzene rings is 1. The van der Waals surface area contributed by atoms with Crippen molar-refractivity contribution in [2.75, 3.05) is 31.0 Å². The van der Waals surface area contributed by atoms with E-state index in [1.165, 1.54) is 6.20 Å². The van der Waals surface area contributed by atoms with Gasteiger partial charge in [0.1, 0.15) is 19.0 Å². The van der Waals surface area contributed by atoms with Crippen LogP contribution in [0, 0.1) is 0 Å². The molecule has 7 nitrogen and oxygen atoms in total. The Labute approximate surface area is 133 Å². The molecule has 1 aromatic carbocycles. The van der Waals surface area contributed by atoms with Gasteiger partial charge in [-0.1, -0.05) is 0 Å². The molecule has 0 spiro atoms. The van der Waals surface area contributed by atoms with Crippen molar-refractivity contribution in [1.82, 2.24) is 4.98 Å². The smallest absolute Gasteiger partial charge is 0.250 e. The summed E-state index contributed by atoms with van der Waals surface area (Å²) in [4.78, 5) is 27.2. The average molecular weight is 315 g/mol. The highest BCUT2D eigenvalue weighted by molar-refractivity contribution is 5.93. The van der Waals surface area contributed by atoms with Gasteiger partial charge < -0.3 is 20.1 Å². The first-order valence-corrected chi connectivity index (χ1v) is 6.89. The van der Waals surface area contributed by atoms with E-state index in [1.807, 2.05) is 0 Å². The Kier molecular flexibility index (Phi) is 6.07. The lowest BCUT2D eigenvalue weighted by Gasteiger charge is -2.07. The lowest BCUT2D eigenvalue weighted by molar-refractivity contribution is -0.125. The molecule has 0 bridgehead atoms. The second-order valence-corrected chi connectivity index (χ2v) is 4.56. The number of rotatable bonds is 7. The van der Waals surface area contributed by atoms with E-state index in [9.17, 15) is 9.59 Å². The van der Waals surface area contributed by atoms with E-state index in [2.05, 4.69) is 15.6 Å². The van der Waals surface area contributed by atoms with Crippen molar-refractivity contribution < 1.29 is 19.1 Å². The third kappa shape index (κ3) is 5.76. The quantitative estimate of drug-likeness (QED) is 0.811. The summed E-state index contributed by atoms with van der Waals surface area (Å²) in [5.41, 5.74) is 1.20. The molecule has 120 valence electrons. The van der Waals surface area contributed by atoms with Crippen molar-refractivity contribution in [3.8, 4) is 5.75 Å². The Morgan fingerprint density at radius 1 is 1.00 bits per heavy atom. The number of carbonyl (C=O) groups is 2. The van der Waals surface area contributed by atoms with Crippen LogP contribution in [0.3, 0.4) is 0 Å². The number of anilines is 2. The minimum Gasteiger partial charge on any atom is -0.497 e. The summed E-state index contributed by atoms with van der Waals surface area (Å²) in [5, 5.41) is 5.26. The number of nitrogens with one attached hydrogen (secondary N) is 2. The minimum atomic E-state index is -0.352. The molecule has 0 atom stereocenters. The molecule has 2 aromatic rings. The molecular formula is C16H17N3O4. The summed E-state index contributed by atoms with van der Waals surface area (Å²) in [7, 11) is 1.57. The fourth-order valence-electron chi connectivity index (χ4n) is 1.74. The fraction of sp³-hybridized carbons (Fsp3) is 0.188. The summed E-state index contributed by atoms with van der Waals surface area (Å²) < 4.78 is 10.1. The van der Waals surface area contributed by atoms with Crippen LogP contribution in [-0.2, 0) is 14.3 Å². The molecule has 0 aliphatic heterocycles. The number of hydrogen-bond donors (Lipinski definition) is 2. The molecule has 2 rings (SSSR count). The van der Waals surface area contributed by atoms with Gasteiger partial charge in [0, 0.05) is 11.9 Å². The Morgan fingerprint density at radius 3 is 2.22 bits per heavy atom. The normalized spacial score (nSPS) is 9.96. The zero-order valence-corrected chi connectivity index (χ0v) is 12.6. The first-order chi connectivity index (χ1) is 11.2. The molecule has 23 heavy (non-hydrogen) atoms. The molecule has 2 amide bonds. The molecule has 0 unspecified atom stereocenters. The van der Waals surface area contributed by atoms with E-state index >= 15 is 0 Å². The Morgan fingerprint density at radius 2 is 1.65 bits per heavy atom. The van der Waals surface area contributed by atoms with Crippen molar-refractivity contribution in [1.29, 1.82) is 0 Å². The number of hydrogen-bond acceptors (Lipinski definition) is 5. The van der Waals surface area contributed by atoms with Crippen molar-refractivity contribution in [3.63, 3.8) is 0 Å². The van der Waals surface area contributed by atoms with Crippen LogP contribution in [0.2, 0.25) is 0 Å². The van der Waals surface area contributed by atoms with Crippen LogP contribution in [0.1, 0.15) is 0 Å². The lowest BCUT2D eigenvalue weighted by Crippen LogP contribution is -2.23. The van der Waals surface area contributed by atoms with E-state index in [-0.39, 0.29) is 25.0 Å². The Balaban J connectivity index is 1.68. The third-order valence-corrected chi connectivity index (χ3v) is 2.79. The van der Waals surface area contributed by atoms with E-state index in [4.69, 9.17) is 9.47 Å². The molecule has 2 N–H and O–H groups in total. The molecule has 0 aliphatic rings. The van der Waals surface area contributed by atoms with Gasteiger partial charge in [0.2, 0.25) is 11.8 Å². The second kappa shape index (κ2) is 8.50. The third-order valence-electron chi connectivity index (χ3n) is 2.79. The summed E-state index contributed by atoms with van der Waals surface area (Å²) in [5.74, 6) is 0.00548. The summed E-state index contributed by atoms with van der Waals surface area (Å²) in [6.07, 6.45) is 3.13. The van der Waals surface area contributed by atoms with E-state index in [0.717, 1.165) is 0 Å². The van der Waals surface area contributed by atoms with E-state index < -0.39 is 0 Å². The largest absolute Gasteiger partial charge is 0.497 e. The summed E-state index contributed by atoms with van der Waals surface area (Å²) in [6.45, 7) is -0.433. The number of amides is 2. The molecule has 7 heteroatoms. The standard InChI is InChI=1S/C16H17N3O4/c1-22-14-6-4-12(5-7-14)18-15(20)10-23-11-16(21)19-13-3-2-8-17-9-13/h2-9H,10-11H2,1H3,(H,18,20)(H,19,21). The number of methoxy groups -OCH3 is 1. The number of ether oxygens (including phenoxy) is 2. The zero-order chi connectivity index (χ0) is 16.5. The maximum absolute atomic E-state index is 11.7. The molecular weight excluding hydrogens is 298 g/mol. The average Bonchev–Trinajstić information content (AvgIpc) is 2.56. The van der Waals surface area contributed by atoms with Gasteiger partial charge in [-0.3, -0.25) is 14.6 Å². The van der Waals surface area contributed by atoms with Crippen LogP contribution in [0.25, 0.3) is 0 Å². The minimum absolute atomic E-state index is 0.216. The molecule has 1 aromatic heterocycles. The highest BCUT2D eigenvalue weighted by atomic mass is 16.5. The van der Waals surface area contributed by atoms with Crippen molar-refractivity contribution >= 4 is 23.2 Å². The number of nitrogens with zero attached hydrogens (tertiary/aromatic N) is 1. The topological polar surface area (TPSA) is 89.5 Å². The highest BCUT2D eigenvalue weighted by Gasteiger charge is 2.06. The summed E-state index contributed by atoms with van der Waals surface area (Å²) in [6, 6.07) is 10.3. The molecule has 0 saturated carbocycles. The predicted molar refractivity (Wildman–Crippen MR) is 85.3 cm³/mol. The first-order valence-electron chi connectivity index (χ1n) is 6.89. The van der Waals surface area contributed by atoms with Gasteiger partial charge in [0.25, 0.3) is 0 Å². The zero-order valence-electron chi connectivity index (χ0n) is 12.6. The highest BCUT2D eigenvalue weighted by Crippen LogP contribution is 2.14. The molecule has 0 saturated heterocycles. The van der Waals surface area contributed by atoms with Gasteiger partial charge >= 0.3 is 0 Å². The van der Waals surface area contributed by atoms with Crippen molar-refractivity contribution in [3.05, 3.63) is 48.8 Å². The van der Waals surface area contributed by atoms with Gasteiger partial charge in [-0.15, -0.1) is 0 Å². The van der Waals surface area contributed by atoms with Gasteiger partial charge in [0.15, 0.2) is 0 Å². The molecule has 1 heterocycles. The number of aromatic nitrogens is 1. The van der Waals surface area contributed by atoms with Crippen LogP contribution < -0.4 is 15.4 Å². The lowest BCUT2D eigenvalue weighted by atomic mass is 10.3. The number of pyridine rings is 1. The monoisotopic (exact) mass is 315 g/mol. The van der Waals surface area contributed by atoms with Gasteiger partial charge in [0.05, 0.1) is 19.0 Å². The van der Waals surface area contributed by atoms with Gasteiger partial charge in [-0.2, -0.15) is 0 Å². The predicted octanol–water partition coefficient (Wildman–Crippen LogP) is 1.68. The first kappa shape index (κ1) is 16.4. The van der Waals surface area contributed by atoms with Gasteiger partial charge in [-0.25, -0.2) is 0 Å². The molecule has 0 aliphatic carbocycles. The Bertz CT molecular complexity index is 644. The van der Waals surface area contributed by atoms with E-state index in [0.29, 0.717) is 17.1 Å². The van der Waals surface area contributed by atoms with Crippen LogP contribution in [-0.4, -0.2) is 37.1 Å². The fourth-order valence-corrected chi connectivity index (χ4v) is 1.74. The van der Waals surface area contributed by atoms with Crippen LogP contribution in [0.4, 0.5) is 11.4 Å². The van der Waals surface area contributed by atoms with Crippen LogP contribution >= 0.6 is 0 Å². The van der Waals surface area contributed by atoms with Crippen molar-refractivity contribution in [2.24, 2.45) is 0 Å². The molecule has 0 radical (unpaired) electrons. The molecule has 0 fully saturated rings. The maximum atomic E-state index is 11.7. The number of carbonyl (C=O) groups excluding carboxylic acids is 2. The second-order valence-electron chi connectivity index (χ2n) is 4.56. The van der Waals surface area contributed by atoms with Gasteiger partial charge in [-0.05, 0) is 36.4 Å². The van der Waals surface area contributed by atoms with Crippen LogP contribution in [0.15, 0.2) is 48.8 Å². The SMILES string of the molecule is COc1ccc(NC(=O)COCC(=O)Nc2cccnc2)cc1. The van der Waals surface area contributed by atoms with E-state index in [1.54, 1.807) is 49.7 Å². The van der Waals surface area contributed by atoms with Crippen LogP contribution in [0.5, 0.6) is 5.75 Å². The Hall–Kier alpha value is -2.93.